The number of ether oxygens (including phenoxy) is 1. The zero-order valence-electron chi connectivity index (χ0n) is 10.2. The number of carbonyl (C=O) groups is 1. The topological polar surface area (TPSA) is 64.1 Å². The number of anilines is 1. The van der Waals surface area contributed by atoms with Crippen LogP contribution in [0.5, 0.6) is 0 Å². The first kappa shape index (κ1) is 13.5. The Morgan fingerprint density at radius 1 is 1.21 bits per heavy atom. The Morgan fingerprint density at radius 2 is 1.95 bits per heavy atom. The molecule has 0 aliphatic heterocycles. The molecule has 0 aliphatic rings. The molecule has 2 rings (SSSR count). The number of rotatable bonds is 4. The summed E-state index contributed by atoms with van der Waals surface area (Å²) in [5, 5.41) is 10.3. The summed E-state index contributed by atoms with van der Waals surface area (Å²) in [5.74, 6) is 0.0118. The highest BCUT2D eigenvalue weighted by atomic mass is 35.5. The standard InChI is InChI=1S/C13H12ClN3O2/c1-19-12(9-5-3-2-4-6-9)13(18)15-11-8-7-10(14)16-17-11/h2-8,12H,1H3,(H,15,17,18). The van der Waals surface area contributed by atoms with Crippen LogP contribution >= 0.6 is 11.6 Å². The Hall–Kier alpha value is -1.98. The van der Waals surface area contributed by atoms with Crippen LogP contribution < -0.4 is 5.32 Å². The van der Waals surface area contributed by atoms with Crippen molar-refractivity contribution in [3.05, 3.63) is 53.2 Å². The number of carbonyl (C=O) groups excluding carboxylic acids is 1. The number of benzene rings is 1. The van der Waals surface area contributed by atoms with E-state index in [-0.39, 0.29) is 11.1 Å². The number of nitrogens with zero attached hydrogens (tertiary/aromatic N) is 2. The van der Waals surface area contributed by atoms with E-state index in [0.717, 1.165) is 5.56 Å². The third-order valence-electron chi connectivity index (χ3n) is 2.46. The second-order valence-electron chi connectivity index (χ2n) is 3.76. The molecule has 0 saturated carbocycles. The lowest BCUT2D eigenvalue weighted by atomic mass is 10.1. The number of amides is 1. The zero-order valence-corrected chi connectivity index (χ0v) is 11.0. The minimum Gasteiger partial charge on any atom is -0.367 e. The van der Waals surface area contributed by atoms with Crippen molar-refractivity contribution in [3.8, 4) is 0 Å². The van der Waals surface area contributed by atoms with Crippen molar-refractivity contribution in [1.29, 1.82) is 0 Å². The average Bonchev–Trinajstić information content (AvgIpc) is 2.43. The Kier molecular flexibility index (Phi) is 4.43. The first-order chi connectivity index (χ1) is 9.20. The van der Waals surface area contributed by atoms with E-state index in [9.17, 15) is 4.79 Å². The molecule has 2 aromatic rings. The van der Waals surface area contributed by atoms with Crippen LogP contribution in [0.15, 0.2) is 42.5 Å². The van der Waals surface area contributed by atoms with Crippen LogP contribution in [0.3, 0.4) is 0 Å². The largest absolute Gasteiger partial charge is 0.367 e. The summed E-state index contributed by atoms with van der Waals surface area (Å²) in [5.41, 5.74) is 0.768. The molecule has 1 unspecified atom stereocenters. The Labute approximate surface area is 115 Å². The number of nitrogens with one attached hydrogen (secondary N) is 1. The van der Waals surface area contributed by atoms with Crippen molar-refractivity contribution >= 4 is 23.3 Å². The van der Waals surface area contributed by atoms with Gasteiger partial charge < -0.3 is 10.1 Å². The molecule has 0 aliphatic carbocycles. The molecule has 0 bridgehead atoms. The predicted octanol–water partition coefficient (Wildman–Crippen LogP) is 2.46. The van der Waals surface area contributed by atoms with Gasteiger partial charge >= 0.3 is 0 Å². The minimum atomic E-state index is -0.696. The molecular formula is C13H12ClN3O2. The van der Waals surface area contributed by atoms with Gasteiger partial charge in [-0.05, 0) is 17.7 Å². The molecule has 1 N–H and O–H groups in total. The lowest BCUT2D eigenvalue weighted by molar-refractivity contribution is -0.126. The second-order valence-corrected chi connectivity index (χ2v) is 4.14. The molecule has 19 heavy (non-hydrogen) atoms. The lowest BCUT2D eigenvalue weighted by Crippen LogP contribution is -2.23. The van der Waals surface area contributed by atoms with Crippen LogP contribution in [0.4, 0.5) is 5.82 Å². The van der Waals surface area contributed by atoms with Gasteiger partial charge in [0.25, 0.3) is 5.91 Å². The van der Waals surface area contributed by atoms with E-state index in [1.807, 2.05) is 30.3 Å². The monoisotopic (exact) mass is 277 g/mol. The fourth-order valence-electron chi connectivity index (χ4n) is 1.60. The van der Waals surface area contributed by atoms with Crippen LogP contribution in [-0.4, -0.2) is 23.2 Å². The van der Waals surface area contributed by atoms with Gasteiger partial charge in [-0.1, -0.05) is 41.9 Å². The van der Waals surface area contributed by atoms with Gasteiger partial charge in [0.15, 0.2) is 17.1 Å². The quantitative estimate of drug-likeness (QED) is 0.932. The Morgan fingerprint density at radius 3 is 2.53 bits per heavy atom. The maximum absolute atomic E-state index is 12.1. The molecule has 0 fully saturated rings. The molecule has 0 radical (unpaired) electrons. The Balaban J connectivity index is 2.11. The van der Waals surface area contributed by atoms with E-state index in [4.69, 9.17) is 16.3 Å². The molecule has 1 heterocycles. The number of aromatic nitrogens is 2. The van der Waals surface area contributed by atoms with E-state index in [1.165, 1.54) is 7.11 Å². The maximum atomic E-state index is 12.1. The fourth-order valence-corrected chi connectivity index (χ4v) is 1.70. The van der Waals surface area contributed by atoms with Gasteiger partial charge in [0.2, 0.25) is 0 Å². The van der Waals surface area contributed by atoms with Crippen LogP contribution in [0.25, 0.3) is 0 Å². The smallest absolute Gasteiger partial charge is 0.259 e. The highest BCUT2D eigenvalue weighted by molar-refractivity contribution is 6.29. The molecule has 0 spiro atoms. The van der Waals surface area contributed by atoms with Crippen molar-refractivity contribution < 1.29 is 9.53 Å². The summed E-state index contributed by atoms with van der Waals surface area (Å²) in [7, 11) is 1.48. The first-order valence-electron chi connectivity index (χ1n) is 5.58. The van der Waals surface area contributed by atoms with Gasteiger partial charge in [0, 0.05) is 7.11 Å². The first-order valence-corrected chi connectivity index (χ1v) is 5.96. The highest BCUT2D eigenvalue weighted by Crippen LogP contribution is 2.18. The van der Waals surface area contributed by atoms with Gasteiger partial charge in [0.05, 0.1) is 0 Å². The number of halogens is 1. The van der Waals surface area contributed by atoms with E-state index >= 15 is 0 Å². The third-order valence-corrected chi connectivity index (χ3v) is 2.66. The number of hydrogen-bond donors (Lipinski definition) is 1. The maximum Gasteiger partial charge on any atom is 0.259 e. The predicted molar refractivity (Wildman–Crippen MR) is 71.9 cm³/mol. The van der Waals surface area contributed by atoms with Crippen LogP contribution in [0, 0.1) is 0 Å². The van der Waals surface area contributed by atoms with E-state index in [1.54, 1.807) is 12.1 Å². The van der Waals surface area contributed by atoms with Gasteiger partial charge in [-0.25, -0.2) is 0 Å². The van der Waals surface area contributed by atoms with Crippen LogP contribution in [-0.2, 0) is 9.53 Å². The molecule has 98 valence electrons. The fraction of sp³-hybridized carbons (Fsp3) is 0.154. The molecule has 1 aromatic heterocycles. The number of methoxy groups -OCH3 is 1. The molecule has 1 aromatic carbocycles. The van der Waals surface area contributed by atoms with E-state index < -0.39 is 6.10 Å². The van der Waals surface area contributed by atoms with Crippen molar-refractivity contribution in [2.24, 2.45) is 0 Å². The second kappa shape index (κ2) is 6.26. The molecule has 1 atom stereocenters. The SMILES string of the molecule is COC(C(=O)Nc1ccc(Cl)nn1)c1ccccc1. The van der Waals surface area contributed by atoms with Gasteiger partial charge in [-0.15, -0.1) is 10.2 Å². The summed E-state index contributed by atoms with van der Waals surface area (Å²) in [6.45, 7) is 0. The normalized spacial score (nSPS) is 11.9. The van der Waals surface area contributed by atoms with Crippen LogP contribution in [0.1, 0.15) is 11.7 Å². The average molecular weight is 278 g/mol. The summed E-state index contributed by atoms with van der Waals surface area (Å²) in [6.07, 6.45) is -0.696. The molecule has 0 saturated heterocycles. The van der Waals surface area contributed by atoms with E-state index in [2.05, 4.69) is 15.5 Å². The summed E-state index contributed by atoms with van der Waals surface area (Å²) < 4.78 is 5.21. The van der Waals surface area contributed by atoms with Crippen molar-refractivity contribution in [2.45, 2.75) is 6.10 Å². The molecular weight excluding hydrogens is 266 g/mol. The molecule has 1 amide bonds. The summed E-state index contributed by atoms with van der Waals surface area (Å²) >= 11 is 5.62. The van der Waals surface area contributed by atoms with E-state index in [0.29, 0.717) is 5.82 Å². The van der Waals surface area contributed by atoms with Crippen molar-refractivity contribution in [3.63, 3.8) is 0 Å². The van der Waals surface area contributed by atoms with Gasteiger partial charge in [0.1, 0.15) is 0 Å². The number of hydrogen-bond acceptors (Lipinski definition) is 4. The molecule has 6 heteroatoms. The molecule has 5 nitrogen and oxygen atoms in total. The third kappa shape index (κ3) is 3.49. The van der Waals surface area contributed by atoms with Gasteiger partial charge in [-0.3, -0.25) is 4.79 Å². The zero-order chi connectivity index (χ0) is 13.7. The van der Waals surface area contributed by atoms with Crippen LogP contribution in [0.2, 0.25) is 5.15 Å². The van der Waals surface area contributed by atoms with Gasteiger partial charge in [-0.2, -0.15) is 0 Å². The summed E-state index contributed by atoms with van der Waals surface area (Å²) in [4.78, 5) is 12.1. The highest BCUT2D eigenvalue weighted by Gasteiger charge is 2.20. The Bertz CT molecular complexity index is 546. The van der Waals surface area contributed by atoms with Crippen molar-refractivity contribution in [2.75, 3.05) is 12.4 Å². The minimum absolute atomic E-state index is 0.268. The lowest BCUT2D eigenvalue weighted by Gasteiger charge is -2.14. The summed E-state index contributed by atoms with van der Waals surface area (Å²) in [6, 6.07) is 12.3. The van der Waals surface area contributed by atoms with Crippen molar-refractivity contribution in [1.82, 2.24) is 10.2 Å².